The molecule has 2 aliphatic heterocycles. The monoisotopic (exact) mass is 602 g/mol. The van der Waals surface area contributed by atoms with Crippen LogP contribution in [0.2, 0.25) is 10.0 Å². The summed E-state index contributed by atoms with van der Waals surface area (Å²) in [5.74, 6) is -5.31. The van der Waals surface area contributed by atoms with Crippen LogP contribution < -0.4 is 5.32 Å². The predicted molar refractivity (Wildman–Crippen MR) is 140 cm³/mol. The molecule has 0 unspecified atom stereocenters. The number of carboxylic acids is 1. The van der Waals surface area contributed by atoms with Crippen molar-refractivity contribution in [1.29, 1.82) is 0 Å². The number of methoxy groups -OCH3 is 1. The zero-order valence-electron chi connectivity index (χ0n) is 21.9. The van der Waals surface area contributed by atoms with Crippen molar-refractivity contribution in [3.63, 3.8) is 0 Å². The van der Waals surface area contributed by atoms with E-state index in [-0.39, 0.29) is 17.7 Å². The van der Waals surface area contributed by atoms with E-state index in [1.165, 1.54) is 14.2 Å². The average molecular weight is 603 g/mol. The van der Waals surface area contributed by atoms with Crippen molar-refractivity contribution in [2.45, 2.75) is 38.0 Å². The highest BCUT2D eigenvalue weighted by Gasteiger charge is 2.68. The summed E-state index contributed by atoms with van der Waals surface area (Å²) in [5.41, 5.74) is 1.39. The van der Waals surface area contributed by atoms with Crippen LogP contribution in [0.3, 0.4) is 0 Å². The maximum Gasteiger partial charge on any atom is 0.490 e. The number of nitrogens with zero attached hydrogens (tertiary/aromatic N) is 1. The standard InChI is InChI=1S/C25H26Cl2N2O4.C2HF3O2/c1-13(2)12-25(24(32)33-4)20-19(22(30)29(3)23(20)31)21(28-25)15-7-5-14(6-8-15)16-9-10-17(26)18(27)11-16;3-2(4,5)1(6)7/h5-11,13,19-21,28H,12H2,1-4H3;(H,6,7)/t19-,20-,21-,25-;/m1./s1. The summed E-state index contributed by atoms with van der Waals surface area (Å²) in [5, 5.41) is 11.5. The highest BCUT2D eigenvalue weighted by Crippen LogP contribution is 2.51. The fourth-order valence-corrected chi connectivity index (χ4v) is 5.57. The molecule has 0 spiro atoms. The molecule has 0 saturated carbocycles. The number of halogens is 5. The molecule has 8 nitrogen and oxygen atoms in total. The number of rotatable bonds is 5. The number of nitrogens with one attached hydrogen (secondary N) is 1. The number of fused-ring (bicyclic) bond motifs is 1. The number of imide groups is 1. The number of aliphatic carboxylic acids is 1. The minimum Gasteiger partial charge on any atom is -0.475 e. The lowest BCUT2D eigenvalue weighted by atomic mass is 9.75. The van der Waals surface area contributed by atoms with Crippen LogP contribution in [0, 0.1) is 17.8 Å². The molecule has 4 atom stereocenters. The van der Waals surface area contributed by atoms with Gasteiger partial charge in [-0.25, -0.2) is 4.79 Å². The molecular weight excluding hydrogens is 576 g/mol. The van der Waals surface area contributed by atoms with Gasteiger partial charge < -0.3 is 9.84 Å². The fraction of sp³-hybridized carbons (Fsp3) is 0.407. The number of carbonyl (C=O) groups excluding carboxylic acids is 3. The number of esters is 1. The molecule has 2 aliphatic rings. The molecule has 2 aromatic rings. The second kappa shape index (κ2) is 11.8. The quantitative estimate of drug-likeness (QED) is 0.360. The Morgan fingerprint density at radius 1 is 1.05 bits per heavy atom. The van der Waals surface area contributed by atoms with Crippen LogP contribution in [0.25, 0.3) is 11.1 Å². The van der Waals surface area contributed by atoms with Crippen molar-refractivity contribution in [3.8, 4) is 11.1 Å². The number of ether oxygens (including phenoxy) is 1. The maximum atomic E-state index is 13.1. The largest absolute Gasteiger partial charge is 0.490 e. The van der Waals surface area contributed by atoms with E-state index in [0.29, 0.717) is 16.5 Å². The SMILES string of the molecule is COC(=O)[C@]1(CC(C)C)N[C@H](c2ccc(-c3ccc(Cl)c(Cl)c3)cc2)[C@@H]2C(=O)N(C)C(=O)[C@@H]21.O=C(O)C(F)(F)F. The number of benzene rings is 2. The van der Waals surface area contributed by atoms with E-state index in [9.17, 15) is 27.6 Å². The molecular formula is C27H27Cl2F3N2O6. The third-order valence-electron chi connectivity index (χ3n) is 6.92. The molecule has 0 aromatic heterocycles. The van der Waals surface area contributed by atoms with Crippen LogP contribution in [0.4, 0.5) is 13.2 Å². The summed E-state index contributed by atoms with van der Waals surface area (Å²) in [6, 6.07) is 12.6. The second-order valence-electron chi connectivity index (χ2n) is 9.98. The lowest BCUT2D eigenvalue weighted by Crippen LogP contribution is -2.56. The minimum atomic E-state index is -5.08. The van der Waals surface area contributed by atoms with E-state index in [1.54, 1.807) is 12.1 Å². The Bertz CT molecular complexity index is 1320. The molecule has 0 aliphatic carbocycles. The molecule has 216 valence electrons. The first-order chi connectivity index (χ1) is 18.5. The Hall–Kier alpha value is -3.15. The summed E-state index contributed by atoms with van der Waals surface area (Å²) >= 11 is 12.2. The number of alkyl halides is 3. The Kier molecular flexibility index (Phi) is 9.22. The highest BCUT2D eigenvalue weighted by atomic mass is 35.5. The first-order valence-electron chi connectivity index (χ1n) is 12.1. The van der Waals surface area contributed by atoms with Crippen LogP contribution in [0.5, 0.6) is 0 Å². The summed E-state index contributed by atoms with van der Waals surface area (Å²) in [7, 11) is 2.79. The number of carboxylic acid groups (broad SMARTS) is 1. The Morgan fingerprint density at radius 3 is 2.08 bits per heavy atom. The van der Waals surface area contributed by atoms with Crippen molar-refractivity contribution in [1.82, 2.24) is 10.2 Å². The molecule has 2 N–H and O–H groups in total. The van der Waals surface area contributed by atoms with E-state index < -0.39 is 41.5 Å². The van der Waals surface area contributed by atoms with E-state index in [1.807, 2.05) is 44.2 Å². The molecule has 2 saturated heterocycles. The third kappa shape index (κ3) is 5.96. The summed E-state index contributed by atoms with van der Waals surface area (Å²) < 4.78 is 36.9. The van der Waals surface area contributed by atoms with Crippen LogP contribution >= 0.6 is 23.2 Å². The Labute approximate surface area is 238 Å². The molecule has 2 amide bonds. The second-order valence-corrected chi connectivity index (χ2v) is 10.8. The lowest BCUT2D eigenvalue weighted by molar-refractivity contribution is -0.192. The van der Waals surface area contributed by atoms with Gasteiger partial charge in [-0.15, -0.1) is 0 Å². The smallest absolute Gasteiger partial charge is 0.475 e. The van der Waals surface area contributed by atoms with Gasteiger partial charge in [0.05, 0.1) is 29.0 Å². The molecule has 0 radical (unpaired) electrons. The van der Waals surface area contributed by atoms with Gasteiger partial charge in [0.15, 0.2) is 0 Å². The van der Waals surface area contributed by atoms with Crippen molar-refractivity contribution >= 4 is 47.0 Å². The van der Waals surface area contributed by atoms with Crippen molar-refractivity contribution < 1.29 is 42.2 Å². The summed E-state index contributed by atoms with van der Waals surface area (Å²) in [6.07, 6.45) is -4.70. The van der Waals surface area contributed by atoms with E-state index in [0.717, 1.165) is 21.6 Å². The molecule has 40 heavy (non-hydrogen) atoms. The lowest BCUT2D eigenvalue weighted by Gasteiger charge is -2.33. The Balaban J connectivity index is 0.000000559. The summed E-state index contributed by atoms with van der Waals surface area (Å²) in [4.78, 5) is 49.3. The maximum absolute atomic E-state index is 13.1. The Morgan fingerprint density at radius 2 is 1.60 bits per heavy atom. The van der Waals surface area contributed by atoms with E-state index in [2.05, 4.69) is 5.32 Å². The van der Waals surface area contributed by atoms with Gasteiger partial charge in [0.2, 0.25) is 11.8 Å². The fourth-order valence-electron chi connectivity index (χ4n) is 5.28. The van der Waals surface area contributed by atoms with Gasteiger partial charge >= 0.3 is 18.1 Å². The normalized spacial score (nSPS) is 24.1. The van der Waals surface area contributed by atoms with E-state index >= 15 is 0 Å². The topological polar surface area (TPSA) is 113 Å². The minimum absolute atomic E-state index is 0.0989. The van der Waals surface area contributed by atoms with Crippen LogP contribution in [0.15, 0.2) is 42.5 Å². The number of carbonyl (C=O) groups is 4. The zero-order valence-corrected chi connectivity index (χ0v) is 23.4. The molecule has 13 heteroatoms. The number of likely N-dealkylation sites (tertiary alicyclic amines) is 1. The molecule has 2 aromatic carbocycles. The first-order valence-corrected chi connectivity index (χ1v) is 12.8. The van der Waals surface area contributed by atoms with Gasteiger partial charge in [0, 0.05) is 13.1 Å². The molecule has 2 heterocycles. The zero-order chi connectivity index (χ0) is 30.2. The van der Waals surface area contributed by atoms with Gasteiger partial charge in [-0.3, -0.25) is 24.6 Å². The first kappa shape index (κ1) is 31.4. The van der Waals surface area contributed by atoms with Gasteiger partial charge in [-0.05, 0) is 41.2 Å². The van der Waals surface area contributed by atoms with E-state index in [4.69, 9.17) is 37.8 Å². The highest BCUT2D eigenvalue weighted by molar-refractivity contribution is 6.42. The third-order valence-corrected chi connectivity index (χ3v) is 7.66. The van der Waals surface area contributed by atoms with Crippen LogP contribution in [0.1, 0.15) is 31.9 Å². The van der Waals surface area contributed by atoms with Gasteiger partial charge in [-0.2, -0.15) is 13.2 Å². The molecule has 0 bridgehead atoms. The number of hydrogen-bond donors (Lipinski definition) is 2. The predicted octanol–water partition coefficient (Wildman–Crippen LogP) is 5.13. The van der Waals surface area contributed by atoms with Crippen molar-refractivity contribution in [2.24, 2.45) is 17.8 Å². The van der Waals surface area contributed by atoms with Gasteiger partial charge in [0.25, 0.3) is 0 Å². The number of amides is 2. The molecule has 4 rings (SSSR count). The van der Waals surface area contributed by atoms with Crippen LogP contribution in [-0.2, 0) is 23.9 Å². The van der Waals surface area contributed by atoms with Gasteiger partial charge in [-0.1, -0.05) is 67.4 Å². The molecule has 2 fully saturated rings. The van der Waals surface area contributed by atoms with Gasteiger partial charge in [0.1, 0.15) is 5.54 Å². The van der Waals surface area contributed by atoms with Crippen molar-refractivity contribution in [2.75, 3.05) is 14.2 Å². The van der Waals surface area contributed by atoms with Crippen LogP contribution in [-0.4, -0.2) is 59.6 Å². The number of hydrogen-bond acceptors (Lipinski definition) is 6. The summed E-state index contributed by atoms with van der Waals surface area (Å²) in [6.45, 7) is 3.96. The van der Waals surface area contributed by atoms with Crippen molar-refractivity contribution in [3.05, 3.63) is 58.1 Å². The average Bonchev–Trinajstić information content (AvgIpc) is 3.34.